The number of hydrogen-bond donors (Lipinski definition) is 1. The maximum atomic E-state index is 3.65. The van der Waals surface area contributed by atoms with Crippen LogP contribution in [0.3, 0.4) is 0 Å². The van der Waals surface area contributed by atoms with E-state index in [0.29, 0.717) is 11.5 Å². The van der Waals surface area contributed by atoms with Gasteiger partial charge in [0.15, 0.2) is 0 Å². The SMILES string of the molecule is CCNC(c1cc(Br)c(C)s1)C1CC1(C)C. The lowest BCUT2D eigenvalue weighted by Crippen LogP contribution is -2.23. The molecule has 2 rings (SSSR count). The smallest absolute Gasteiger partial charge is 0.0449 e. The van der Waals surface area contributed by atoms with Crippen molar-refractivity contribution in [3.05, 3.63) is 20.3 Å². The van der Waals surface area contributed by atoms with Crippen LogP contribution in [0, 0.1) is 18.3 Å². The molecule has 1 N–H and O–H groups in total. The number of thiophene rings is 1. The van der Waals surface area contributed by atoms with Gasteiger partial charge in [-0.2, -0.15) is 0 Å². The van der Waals surface area contributed by atoms with E-state index in [4.69, 9.17) is 0 Å². The molecule has 0 amide bonds. The molecule has 0 radical (unpaired) electrons. The van der Waals surface area contributed by atoms with E-state index in [2.05, 4.69) is 55.0 Å². The monoisotopic (exact) mass is 301 g/mol. The zero-order valence-corrected chi connectivity index (χ0v) is 12.8. The second-order valence-electron chi connectivity index (χ2n) is 5.39. The van der Waals surface area contributed by atoms with E-state index in [1.165, 1.54) is 20.6 Å². The third kappa shape index (κ3) is 2.36. The van der Waals surface area contributed by atoms with Crippen molar-refractivity contribution in [3.63, 3.8) is 0 Å². The molecule has 1 aromatic rings. The van der Waals surface area contributed by atoms with Crippen LogP contribution in [-0.4, -0.2) is 6.54 Å². The second kappa shape index (κ2) is 4.43. The first kappa shape index (κ1) is 12.6. The lowest BCUT2D eigenvalue weighted by atomic mass is 10.0. The van der Waals surface area contributed by atoms with Gasteiger partial charge in [-0.25, -0.2) is 0 Å². The van der Waals surface area contributed by atoms with Gasteiger partial charge in [0.1, 0.15) is 0 Å². The molecule has 90 valence electrons. The number of hydrogen-bond acceptors (Lipinski definition) is 2. The minimum atomic E-state index is 0.525. The first-order valence-electron chi connectivity index (χ1n) is 5.95. The van der Waals surface area contributed by atoms with E-state index < -0.39 is 0 Å². The van der Waals surface area contributed by atoms with Gasteiger partial charge in [0.25, 0.3) is 0 Å². The molecule has 0 saturated heterocycles. The van der Waals surface area contributed by atoms with Gasteiger partial charge in [-0.15, -0.1) is 11.3 Å². The van der Waals surface area contributed by atoms with Crippen molar-refractivity contribution in [2.45, 2.75) is 40.2 Å². The summed E-state index contributed by atoms with van der Waals surface area (Å²) in [6.45, 7) is 10.2. The Morgan fingerprint density at radius 2 is 2.25 bits per heavy atom. The molecular weight excluding hydrogens is 282 g/mol. The van der Waals surface area contributed by atoms with Gasteiger partial charge in [0, 0.05) is 20.3 Å². The van der Waals surface area contributed by atoms with Gasteiger partial charge in [-0.05, 0) is 53.2 Å². The highest BCUT2D eigenvalue weighted by Crippen LogP contribution is 2.58. The van der Waals surface area contributed by atoms with E-state index >= 15 is 0 Å². The molecule has 0 bridgehead atoms. The molecule has 2 atom stereocenters. The molecule has 1 saturated carbocycles. The van der Waals surface area contributed by atoms with Gasteiger partial charge >= 0.3 is 0 Å². The van der Waals surface area contributed by atoms with Gasteiger partial charge in [0.05, 0.1) is 0 Å². The third-order valence-corrected chi connectivity index (χ3v) is 5.82. The van der Waals surface area contributed by atoms with Crippen LogP contribution in [0.15, 0.2) is 10.5 Å². The summed E-state index contributed by atoms with van der Waals surface area (Å²) in [5, 5.41) is 3.65. The van der Waals surface area contributed by atoms with Gasteiger partial charge in [-0.1, -0.05) is 20.8 Å². The summed E-state index contributed by atoms with van der Waals surface area (Å²) < 4.78 is 1.26. The van der Waals surface area contributed by atoms with Crippen molar-refractivity contribution >= 4 is 27.3 Å². The number of halogens is 1. The van der Waals surface area contributed by atoms with Crippen molar-refractivity contribution < 1.29 is 0 Å². The number of aryl methyl sites for hydroxylation is 1. The Kier molecular flexibility index (Phi) is 3.49. The average Bonchev–Trinajstić information content (AvgIpc) is 2.69. The van der Waals surface area contributed by atoms with Gasteiger partial charge in [-0.3, -0.25) is 0 Å². The van der Waals surface area contributed by atoms with E-state index in [0.717, 1.165) is 12.5 Å². The molecule has 1 heterocycles. The summed E-state index contributed by atoms with van der Waals surface area (Å²) in [4.78, 5) is 2.87. The summed E-state index contributed by atoms with van der Waals surface area (Å²) in [7, 11) is 0. The standard InChI is InChI=1S/C13H20BrNS/c1-5-15-12(9-7-13(9,3)4)11-6-10(14)8(2)16-11/h6,9,12,15H,5,7H2,1-4H3. The molecule has 0 aliphatic heterocycles. The van der Waals surface area contributed by atoms with E-state index in [1.54, 1.807) is 0 Å². The quantitative estimate of drug-likeness (QED) is 0.862. The maximum absolute atomic E-state index is 3.65. The van der Waals surface area contributed by atoms with Crippen molar-refractivity contribution in [2.75, 3.05) is 6.54 Å². The summed E-state index contributed by atoms with van der Waals surface area (Å²) in [6, 6.07) is 2.84. The molecule has 0 spiro atoms. The second-order valence-corrected chi connectivity index (χ2v) is 7.53. The minimum absolute atomic E-state index is 0.525. The van der Waals surface area contributed by atoms with Crippen LogP contribution < -0.4 is 5.32 Å². The summed E-state index contributed by atoms with van der Waals surface area (Å²) in [5.74, 6) is 0.803. The van der Waals surface area contributed by atoms with Crippen LogP contribution in [-0.2, 0) is 0 Å². The van der Waals surface area contributed by atoms with E-state index in [-0.39, 0.29) is 0 Å². The normalized spacial score (nSPS) is 24.4. The highest BCUT2D eigenvalue weighted by Gasteiger charge is 2.50. The lowest BCUT2D eigenvalue weighted by Gasteiger charge is -2.18. The first-order valence-corrected chi connectivity index (χ1v) is 7.56. The number of nitrogens with one attached hydrogen (secondary N) is 1. The predicted molar refractivity (Wildman–Crippen MR) is 75.1 cm³/mol. The average molecular weight is 302 g/mol. The lowest BCUT2D eigenvalue weighted by molar-refractivity contribution is 0.428. The number of rotatable bonds is 4. The third-order valence-electron chi connectivity index (χ3n) is 3.60. The first-order chi connectivity index (χ1) is 7.45. The molecule has 1 nitrogen and oxygen atoms in total. The Balaban J connectivity index is 2.20. The zero-order chi connectivity index (χ0) is 11.9. The minimum Gasteiger partial charge on any atom is -0.309 e. The molecule has 1 aromatic heterocycles. The largest absolute Gasteiger partial charge is 0.309 e. The highest BCUT2D eigenvalue weighted by atomic mass is 79.9. The Hall–Kier alpha value is 0.140. The van der Waals surface area contributed by atoms with E-state index in [9.17, 15) is 0 Å². The fourth-order valence-corrected chi connectivity index (χ4v) is 4.08. The molecule has 1 fully saturated rings. The predicted octanol–water partition coefficient (Wildman–Crippen LogP) is 4.52. The van der Waals surface area contributed by atoms with Crippen LogP contribution in [0.1, 0.15) is 43.0 Å². The Morgan fingerprint density at radius 1 is 1.62 bits per heavy atom. The van der Waals surface area contributed by atoms with Crippen molar-refractivity contribution in [3.8, 4) is 0 Å². The van der Waals surface area contributed by atoms with Gasteiger partial charge < -0.3 is 5.32 Å². The van der Waals surface area contributed by atoms with Crippen molar-refractivity contribution in [2.24, 2.45) is 11.3 Å². The zero-order valence-electron chi connectivity index (χ0n) is 10.4. The molecule has 0 aromatic carbocycles. The Morgan fingerprint density at radius 3 is 2.62 bits per heavy atom. The summed E-state index contributed by atoms with van der Waals surface area (Å²) in [6.07, 6.45) is 1.35. The molecule has 3 heteroatoms. The Bertz CT molecular complexity index is 364. The molecule has 16 heavy (non-hydrogen) atoms. The Labute approximate surface area is 111 Å². The maximum Gasteiger partial charge on any atom is 0.0449 e. The fraction of sp³-hybridized carbons (Fsp3) is 0.692. The van der Waals surface area contributed by atoms with Gasteiger partial charge in [0.2, 0.25) is 0 Å². The van der Waals surface area contributed by atoms with Crippen LogP contribution >= 0.6 is 27.3 Å². The van der Waals surface area contributed by atoms with Crippen LogP contribution in [0.25, 0.3) is 0 Å². The molecule has 2 unspecified atom stereocenters. The summed E-state index contributed by atoms with van der Waals surface area (Å²) in [5.41, 5.74) is 0.525. The highest BCUT2D eigenvalue weighted by molar-refractivity contribution is 9.10. The topological polar surface area (TPSA) is 12.0 Å². The molecule has 1 aliphatic rings. The fourth-order valence-electron chi connectivity index (χ4n) is 2.37. The van der Waals surface area contributed by atoms with Crippen molar-refractivity contribution in [1.82, 2.24) is 5.32 Å². The molecular formula is C13H20BrNS. The molecule has 1 aliphatic carbocycles. The van der Waals surface area contributed by atoms with Crippen molar-refractivity contribution in [1.29, 1.82) is 0 Å². The van der Waals surface area contributed by atoms with Crippen LogP contribution in [0.4, 0.5) is 0 Å². The van der Waals surface area contributed by atoms with Crippen LogP contribution in [0.5, 0.6) is 0 Å². The van der Waals surface area contributed by atoms with E-state index in [1.807, 2.05) is 11.3 Å². The van der Waals surface area contributed by atoms with Crippen LogP contribution in [0.2, 0.25) is 0 Å². The summed E-state index contributed by atoms with van der Waals surface area (Å²) >= 11 is 5.54.